The highest BCUT2D eigenvalue weighted by atomic mass is 32.2. The molecule has 0 saturated carbocycles. The van der Waals surface area contributed by atoms with Gasteiger partial charge in [-0.1, -0.05) is 6.92 Å². The van der Waals surface area contributed by atoms with Crippen LogP contribution in [0.5, 0.6) is 0 Å². The number of rotatable bonds is 7. The van der Waals surface area contributed by atoms with Gasteiger partial charge in [0, 0.05) is 19.3 Å². The molecule has 0 unspecified atom stereocenters. The smallest absolute Gasteiger partial charge is 0.243 e. The number of hydrogen-bond donors (Lipinski definition) is 1. The molecule has 0 spiro atoms. The molecule has 0 rings (SSSR count). The number of hydrogen-bond acceptors (Lipinski definition) is 4. The lowest BCUT2D eigenvalue weighted by atomic mass is 10.1. The van der Waals surface area contributed by atoms with E-state index in [9.17, 15) is 13.2 Å². The highest BCUT2D eigenvalue weighted by Crippen LogP contribution is 2.19. The lowest BCUT2D eigenvalue weighted by Crippen LogP contribution is -2.50. The second kappa shape index (κ2) is 6.35. The van der Waals surface area contributed by atoms with Gasteiger partial charge in [-0.15, -0.1) is 0 Å². The van der Waals surface area contributed by atoms with Crippen molar-refractivity contribution in [2.45, 2.75) is 38.4 Å². The van der Waals surface area contributed by atoms with Crippen LogP contribution < -0.4 is 5.73 Å². The van der Waals surface area contributed by atoms with E-state index >= 15 is 0 Å². The van der Waals surface area contributed by atoms with Gasteiger partial charge in [0.25, 0.3) is 0 Å². The van der Waals surface area contributed by atoms with Crippen LogP contribution in [-0.4, -0.2) is 49.9 Å². The number of nitrogens with zero attached hydrogens (tertiary/aromatic N) is 1. The Morgan fingerprint density at radius 3 is 2.18 bits per heavy atom. The van der Waals surface area contributed by atoms with Crippen molar-refractivity contribution in [3.05, 3.63) is 0 Å². The summed E-state index contributed by atoms with van der Waals surface area (Å²) in [5.74, 6) is -0.338. The summed E-state index contributed by atoms with van der Waals surface area (Å²) in [6, 6.07) is 0. The first kappa shape index (κ1) is 16.4. The molecule has 1 amide bonds. The van der Waals surface area contributed by atoms with Crippen LogP contribution in [0.1, 0.15) is 33.6 Å². The molecule has 0 aliphatic heterocycles. The van der Waals surface area contributed by atoms with Crippen LogP contribution in [-0.2, 0) is 14.6 Å². The van der Waals surface area contributed by atoms with Gasteiger partial charge in [0.2, 0.25) is 5.91 Å². The molecule has 0 saturated heterocycles. The molecular weight excluding hydrogens is 240 g/mol. The predicted octanol–water partition coefficient (Wildman–Crippen LogP) is 0.397. The highest BCUT2D eigenvalue weighted by molar-refractivity contribution is 7.92. The molecule has 2 N–H and O–H groups in total. The van der Waals surface area contributed by atoms with Gasteiger partial charge in [-0.25, -0.2) is 8.42 Å². The Kier molecular flexibility index (Phi) is 6.12. The van der Waals surface area contributed by atoms with Crippen LogP contribution in [0, 0.1) is 0 Å². The zero-order valence-electron chi connectivity index (χ0n) is 11.2. The van der Waals surface area contributed by atoms with Gasteiger partial charge < -0.3 is 10.6 Å². The Labute approximate surface area is 104 Å². The minimum atomic E-state index is -3.41. The third-order valence-corrected chi connectivity index (χ3v) is 4.88. The number of nitrogens with two attached hydrogens (primary N) is 1. The van der Waals surface area contributed by atoms with E-state index in [2.05, 4.69) is 0 Å². The zero-order valence-corrected chi connectivity index (χ0v) is 12.0. The Bertz CT molecular complexity index is 350. The molecule has 0 aromatic rings. The molecule has 6 heteroatoms. The summed E-state index contributed by atoms with van der Waals surface area (Å²) in [7, 11) is -3.41. The van der Waals surface area contributed by atoms with Crippen LogP contribution in [0.3, 0.4) is 0 Å². The lowest BCUT2D eigenvalue weighted by molar-refractivity contribution is -0.133. The van der Waals surface area contributed by atoms with Crippen molar-refractivity contribution in [1.29, 1.82) is 0 Å². The monoisotopic (exact) mass is 264 g/mol. The fraction of sp³-hybridized carbons (Fsp3) is 0.909. The van der Waals surface area contributed by atoms with Crippen LogP contribution >= 0.6 is 0 Å². The topological polar surface area (TPSA) is 80.5 Å². The second-order valence-electron chi connectivity index (χ2n) is 4.72. The summed E-state index contributed by atoms with van der Waals surface area (Å²) in [4.78, 5) is 13.8. The second-order valence-corrected chi connectivity index (χ2v) is 7.28. The lowest BCUT2D eigenvalue weighted by Gasteiger charge is -2.30. The van der Waals surface area contributed by atoms with Crippen molar-refractivity contribution in [2.24, 2.45) is 5.73 Å². The molecule has 102 valence electrons. The average molecular weight is 264 g/mol. The maximum Gasteiger partial charge on any atom is 0.243 e. The maximum atomic E-state index is 12.2. The first-order valence-corrected chi connectivity index (χ1v) is 7.76. The molecule has 0 aromatic heterocycles. The number of carbonyl (C=O) groups is 1. The number of sulfone groups is 1. The van der Waals surface area contributed by atoms with E-state index in [1.165, 1.54) is 13.8 Å². The van der Waals surface area contributed by atoms with E-state index in [1.807, 2.05) is 6.92 Å². The molecular formula is C11H24N2O3S. The van der Waals surface area contributed by atoms with Gasteiger partial charge in [-0.3, -0.25) is 4.79 Å². The van der Waals surface area contributed by atoms with E-state index in [4.69, 9.17) is 5.73 Å². The van der Waals surface area contributed by atoms with Crippen molar-refractivity contribution in [2.75, 3.05) is 25.9 Å². The van der Waals surface area contributed by atoms with Crippen LogP contribution in [0.15, 0.2) is 0 Å². The summed E-state index contributed by atoms with van der Waals surface area (Å²) in [6.45, 7) is 6.44. The molecule has 0 aliphatic rings. The molecule has 0 aliphatic carbocycles. The minimum absolute atomic E-state index is 0.338. The summed E-state index contributed by atoms with van der Waals surface area (Å²) < 4.78 is 21.8. The SMILES string of the molecule is CCCN(CCCN)C(=O)C(C)(C)S(C)(=O)=O. The molecule has 0 atom stereocenters. The van der Waals surface area contributed by atoms with Crippen molar-refractivity contribution < 1.29 is 13.2 Å². The molecule has 17 heavy (non-hydrogen) atoms. The van der Waals surface area contributed by atoms with Gasteiger partial charge in [-0.2, -0.15) is 0 Å². The molecule has 5 nitrogen and oxygen atoms in total. The number of amides is 1. The van der Waals surface area contributed by atoms with Gasteiger partial charge >= 0.3 is 0 Å². The van der Waals surface area contributed by atoms with Crippen molar-refractivity contribution in [1.82, 2.24) is 4.90 Å². The Morgan fingerprint density at radius 1 is 1.29 bits per heavy atom. The number of carbonyl (C=O) groups excluding carboxylic acids is 1. The molecule has 0 heterocycles. The Hall–Kier alpha value is -0.620. The van der Waals surface area contributed by atoms with E-state index in [-0.39, 0.29) is 5.91 Å². The normalized spacial score (nSPS) is 12.5. The highest BCUT2D eigenvalue weighted by Gasteiger charge is 2.40. The van der Waals surface area contributed by atoms with Gasteiger partial charge in [-0.05, 0) is 33.2 Å². The summed E-state index contributed by atoms with van der Waals surface area (Å²) in [5.41, 5.74) is 5.41. The Balaban J connectivity index is 4.94. The summed E-state index contributed by atoms with van der Waals surface area (Å²) in [6.07, 6.45) is 2.58. The Morgan fingerprint density at radius 2 is 1.82 bits per heavy atom. The third-order valence-electron chi connectivity index (χ3n) is 2.85. The maximum absolute atomic E-state index is 12.2. The van der Waals surface area contributed by atoms with Gasteiger partial charge in [0.15, 0.2) is 9.84 Å². The molecule has 0 radical (unpaired) electrons. The van der Waals surface area contributed by atoms with Crippen LogP contribution in [0.2, 0.25) is 0 Å². The quantitative estimate of drug-likeness (QED) is 0.721. The van der Waals surface area contributed by atoms with Crippen LogP contribution in [0.25, 0.3) is 0 Å². The van der Waals surface area contributed by atoms with E-state index in [1.54, 1.807) is 4.90 Å². The van der Waals surface area contributed by atoms with Crippen molar-refractivity contribution in [3.8, 4) is 0 Å². The average Bonchev–Trinajstić information content (AvgIpc) is 2.21. The van der Waals surface area contributed by atoms with E-state index < -0.39 is 14.6 Å². The molecule has 0 bridgehead atoms. The molecule has 0 aromatic carbocycles. The third kappa shape index (κ3) is 4.27. The summed E-state index contributed by atoms with van der Waals surface area (Å²) in [5, 5.41) is 0. The first-order chi connectivity index (χ1) is 7.68. The van der Waals surface area contributed by atoms with E-state index in [0.29, 0.717) is 26.1 Å². The fourth-order valence-electron chi connectivity index (χ4n) is 1.41. The minimum Gasteiger partial charge on any atom is -0.341 e. The first-order valence-electron chi connectivity index (χ1n) is 5.87. The standard InChI is InChI=1S/C11H24N2O3S/c1-5-8-13(9-6-7-12)10(14)11(2,3)17(4,15)16/h5-9,12H2,1-4H3. The zero-order chi connectivity index (χ0) is 13.7. The van der Waals surface area contributed by atoms with E-state index in [0.717, 1.165) is 12.7 Å². The van der Waals surface area contributed by atoms with Gasteiger partial charge in [0.1, 0.15) is 4.75 Å². The fourth-order valence-corrected chi connectivity index (χ4v) is 1.85. The predicted molar refractivity (Wildman–Crippen MR) is 69.5 cm³/mol. The largest absolute Gasteiger partial charge is 0.341 e. The molecule has 0 fully saturated rings. The van der Waals surface area contributed by atoms with Crippen molar-refractivity contribution in [3.63, 3.8) is 0 Å². The van der Waals surface area contributed by atoms with Crippen molar-refractivity contribution >= 4 is 15.7 Å². The van der Waals surface area contributed by atoms with Gasteiger partial charge in [0.05, 0.1) is 0 Å². The summed E-state index contributed by atoms with van der Waals surface area (Å²) >= 11 is 0. The van der Waals surface area contributed by atoms with Crippen LogP contribution in [0.4, 0.5) is 0 Å².